The van der Waals surface area contributed by atoms with Crippen molar-refractivity contribution >= 4 is 50.9 Å². The molecule has 2 amide bonds. The number of carbonyl (C=O) groups is 2. The number of carbonyl (C=O) groups excluding carboxylic acids is 2. The lowest BCUT2D eigenvalue weighted by Gasteiger charge is -2.19. The molecule has 1 aliphatic heterocycles. The second kappa shape index (κ2) is 10.1. The molecule has 1 aliphatic rings. The SMILES string of the molecule is CC(C)(C)OC(=O)NS(=O)(=O)c1ccc(C(=O)Nc2ccc(Cl)c(C3C=CC=CN3)c2)c(Cl)c1. The lowest BCUT2D eigenvalue weighted by molar-refractivity contribution is 0.0570. The molecule has 2 aromatic rings. The van der Waals surface area contributed by atoms with E-state index >= 15 is 0 Å². The highest BCUT2D eigenvalue weighted by Crippen LogP contribution is 2.29. The van der Waals surface area contributed by atoms with Crippen LogP contribution < -0.4 is 15.4 Å². The summed E-state index contributed by atoms with van der Waals surface area (Å²) in [5, 5.41) is 6.31. The van der Waals surface area contributed by atoms with Crippen LogP contribution in [0.1, 0.15) is 42.7 Å². The van der Waals surface area contributed by atoms with Gasteiger partial charge in [-0.15, -0.1) is 0 Å². The van der Waals surface area contributed by atoms with E-state index in [9.17, 15) is 18.0 Å². The number of halogens is 2. The topological polar surface area (TPSA) is 114 Å². The molecule has 1 unspecified atom stereocenters. The smallest absolute Gasteiger partial charge is 0.421 e. The fourth-order valence-corrected chi connectivity index (χ4v) is 4.48. The van der Waals surface area contributed by atoms with Gasteiger partial charge in [0.05, 0.1) is 21.5 Å². The molecule has 0 spiro atoms. The van der Waals surface area contributed by atoms with Crippen LogP contribution >= 0.6 is 23.2 Å². The minimum atomic E-state index is -4.25. The molecule has 1 heterocycles. The second-order valence-corrected chi connectivity index (χ2v) is 10.8. The van der Waals surface area contributed by atoms with E-state index < -0.39 is 27.6 Å². The van der Waals surface area contributed by atoms with Crippen LogP contribution in [0.5, 0.6) is 0 Å². The van der Waals surface area contributed by atoms with E-state index in [0.717, 1.165) is 11.6 Å². The van der Waals surface area contributed by atoms with Crippen molar-refractivity contribution in [2.45, 2.75) is 37.3 Å². The van der Waals surface area contributed by atoms with Crippen molar-refractivity contribution in [3.8, 4) is 0 Å². The number of amides is 2. The van der Waals surface area contributed by atoms with Crippen molar-refractivity contribution in [2.75, 3.05) is 5.32 Å². The van der Waals surface area contributed by atoms with Gasteiger partial charge in [0.2, 0.25) is 0 Å². The number of rotatable bonds is 5. The molecular formula is C23H23Cl2N3O5S. The maximum absolute atomic E-state index is 12.8. The molecule has 0 saturated heterocycles. The predicted octanol–water partition coefficient (Wildman–Crippen LogP) is 5.17. The Morgan fingerprint density at radius 1 is 1.03 bits per heavy atom. The van der Waals surface area contributed by atoms with E-state index in [0.29, 0.717) is 10.7 Å². The maximum atomic E-state index is 12.8. The zero-order valence-electron chi connectivity index (χ0n) is 18.6. The van der Waals surface area contributed by atoms with Crippen LogP contribution in [-0.4, -0.2) is 26.0 Å². The zero-order valence-corrected chi connectivity index (χ0v) is 20.9. The first kappa shape index (κ1) is 25.6. The average molecular weight is 524 g/mol. The second-order valence-electron chi connectivity index (χ2n) is 8.33. The molecule has 0 saturated carbocycles. The fourth-order valence-electron chi connectivity index (χ4n) is 3.01. The zero-order chi connectivity index (χ0) is 25.1. The fraction of sp³-hybridized carbons (Fsp3) is 0.217. The quantitative estimate of drug-likeness (QED) is 0.497. The summed E-state index contributed by atoms with van der Waals surface area (Å²) in [6, 6.07) is 8.40. The van der Waals surface area contributed by atoms with Crippen molar-refractivity contribution in [3.05, 3.63) is 82.0 Å². The summed E-state index contributed by atoms with van der Waals surface area (Å²) in [6.45, 7) is 4.81. The molecule has 11 heteroatoms. The standard InChI is InChI=1S/C23H23Cl2N3O5S/c1-23(2,3)33-22(30)28-34(31,32)15-8-9-16(19(25)13-15)21(29)27-14-7-10-18(24)17(12-14)20-6-4-5-11-26-20/h4-13,20,26H,1-3H3,(H,27,29)(H,28,30). The van der Waals surface area contributed by atoms with Crippen LogP contribution in [0.15, 0.2) is 65.7 Å². The van der Waals surface area contributed by atoms with Crippen molar-refractivity contribution in [2.24, 2.45) is 0 Å². The highest BCUT2D eigenvalue weighted by molar-refractivity contribution is 7.90. The Bertz CT molecular complexity index is 1280. The van der Waals surface area contributed by atoms with E-state index in [1.807, 2.05) is 23.0 Å². The predicted molar refractivity (Wildman–Crippen MR) is 132 cm³/mol. The Hall–Kier alpha value is -3.01. The van der Waals surface area contributed by atoms with Gasteiger partial charge in [-0.25, -0.2) is 17.9 Å². The van der Waals surface area contributed by atoms with Crippen LogP contribution in [0.4, 0.5) is 10.5 Å². The van der Waals surface area contributed by atoms with E-state index in [1.165, 1.54) is 12.1 Å². The number of ether oxygens (including phenoxy) is 1. The summed E-state index contributed by atoms with van der Waals surface area (Å²) >= 11 is 12.5. The van der Waals surface area contributed by atoms with E-state index in [2.05, 4.69) is 10.6 Å². The lowest BCUT2D eigenvalue weighted by atomic mass is 10.0. The maximum Gasteiger partial charge on any atom is 0.421 e. The Kier molecular flexibility index (Phi) is 7.60. The van der Waals surface area contributed by atoms with Gasteiger partial charge in [-0.1, -0.05) is 35.4 Å². The molecule has 0 aromatic heterocycles. The van der Waals surface area contributed by atoms with E-state index in [4.69, 9.17) is 27.9 Å². The number of allylic oxidation sites excluding steroid dienone is 2. The van der Waals surface area contributed by atoms with E-state index in [1.54, 1.807) is 45.2 Å². The number of benzene rings is 2. The van der Waals surface area contributed by atoms with Crippen molar-refractivity contribution in [1.82, 2.24) is 10.0 Å². The number of nitrogens with one attached hydrogen (secondary N) is 3. The minimum Gasteiger partial charge on any atom is -0.443 e. The Morgan fingerprint density at radius 3 is 2.38 bits per heavy atom. The number of hydrogen-bond donors (Lipinski definition) is 3. The van der Waals surface area contributed by atoms with Crippen molar-refractivity contribution in [3.63, 3.8) is 0 Å². The van der Waals surface area contributed by atoms with Gasteiger partial charge in [-0.05, 0) is 75.0 Å². The summed E-state index contributed by atoms with van der Waals surface area (Å²) < 4.78 is 31.7. The first-order valence-electron chi connectivity index (χ1n) is 10.1. The highest BCUT2D eigenvalue weighted by atomic mass is 35.5. The van der Waals surface area contributed by atoms with Crippen LogP contribution in [0, 0.1) is 0 Å². The van der Waals surface area contributed by atoms with Crippen LogP contribution in [0.2, 0.25) is 10.0 Å². The molecule has 0 radical (unpaired) electrons. The number of dihydropyridines is 1. The Morgan fingerprint density at radius 2 is 1.76 bits per heavy atom. The van der Waals surface area contributed by atoms with E-state index in [-0.39, 0.29) is 21.5 Å². The minimum absolute atomic E-state index is 0.0491. The molecule has 0 aliphatic carbocycles. The summed E-state index contributed by atoms with van der Waals surface area (Å²) in [6.07, 6.45) is 6.33. The lowest BCUT2D eigenvalue weighted by Crippen LogP contribution is -2.36. The van der Waals surface area contributed by atoms with Gasteiger partial charge < -0.3 is 15.4 Å². The number of hydrogen-bond acceptors (Lipinski definition) is 6. The molecule has 0 fully saturated rings. The third-order valence-electron chi connectivity index (χ3n) is 4.49. The number of sulfonamides is 1. The third kappa shape index (κ3) is 6.53. The van der Waals surface area contributed by atoms with Gasteiger partial charge in [0, 0.05) is 10.7 Å². The Labute approximate surface area is 208 Å². The first-order valence-corrected chi connectivity index (χ1v) is 12.4. The number of anilines is 1. The molecule has 1 atom stereocenters. The highest BCUT2D eigenvalue weighted by Gasteiger charge is 2.24. The van der Waals surface area contributed by atoms with Gasteiger partial charge in [-0.3, -0.25) is 4.79 Å². The summed E-state index contributed by atoms with van der Waals surface area (Å²) in [5.74, 6) is -0.547. The van der Waals surface area contributed by atoms with Crippen LogP contribution in [0.3, 0.4) is 0 Å². The Balaban J connectivity index is 1.76. The molecular weight excluding hydrogens is 501 g/mol. The van der Waals surface area contributed by atoms with Gasteiger partial charge in [0.1, 0.15) is 5.60 Å². The van der Waals surface area contributed by atoms with Gasteiger partial charge >= 0.3 is 6.09 Å². The molecule has 2 aromatic carbocycles. The van der Waals surface area contributed by atoms with Crippen LogP contribution in [-0.2, 0) is 14.8 Å². The molecule has 3 N–H and O–H groups in total. The molecule has 34 heavy (non-hydrogen) atoms. The van der Waals surface area contributed by atoms with Crippen LogP contribution in [0.25, 0.3) is 0 Å². The van der Waals surface area contributed by atoms with Gasteiger partial charge in [-0.2, -0.15) is 0 Å². The third-order valence-corrected chi connectivity index (χ3v) is 6.45. The average Bonchev–Trinajstić information content (AvgIpc) is 2.73. The normalized spacial score (nSPS) is 15.4. The van der Waals surface area contributed by atoms with Gasteiger partial charge in [0.15, 0.2) is 0 Å². The van der Waals surface area contributed by atoms with Crippen molar-refractivity contribution < 1.29 is 22.7 Å². The van der Waals surface area contributed by atoms with Crippen molar-refractivity contribution in [1.29, 1.82) is 0 Å². The molecule has 180 valence electrons. The van der Waals surface area contributed by atoms with Gasteiger partial charge in [0.25, 0.3) is 15.9 Å². The summed E-state index contributed by atoms with van der Waals surface area (Å²) in [7, 11) is -4.25. The molecule has 3 rings (SSSR count). The summed E-state index contributed by atoms with van der Waals surface area (Å²) in [4.78, 5) is 24.3. The summed E-state index contributed by atoms with van der Waals surface area (Å²) in [5.41, 5.74) is 0.420. The monoisotopic (exact) mass is 523 g/mol. The molecule has 8 nitrogen and oxygen atoms in total. The largest absolute Gasteiger partial charge is 0.443 e. The first-order chi connectivity index (χ1) is 15.9. The molecule has 0 bridgehead atoms.